The number of thiocarbonyl (C=S) groups is 1. The van der Waals surface area contributed by atoms with Crippen LogP contribution in [0.15, 0.2) is 18.2 Å². The van der Waals surface area contributed by atoms with Crippen molar-refractivity contribution in [2.75, 3.05) is 12.3 Å². The summed E-state index contributed by atoms with van der Waals surface area (Å²) in [4.78, 5) is 0.568. The summed E-state index contributed by atoms with van der Waals surface area (Å²) in [5.74, 6) is -0.319. The first kappa shape index (κ1) is 13.2. The number of hydrogen-bond acceptors (Lipinski definition) is 3. The molecule has 18 heavy (non-hydrogen) atoms. The normalized spacial score (nSPS) is 26.8. The molecule has 0 unspecified atom stereocenters. The average Bonchev–Trinajstić information content (AvgIpc) is 2.28. The minimum absolute atomic E-state index is 0.319. The monoisotopic (exact) mass is 268 g/mol. The van der Waals surface area contributed by atoms with Crippen LogP contribution >= 0.6 is 12.2 Å². The molecule has 0 aliphatic carbocycles. The first-order chi connectivity index (χ1) is 8.26. The van der Waals surface area contributed by atoms with Crippen LogP contribution in [0.2, 0.25) is 0 Å². The van der Waals surface area contributed by atoms with Crippen LogP contribution in [-0.4, -0.2) is 17.2 Å². The van der Waals surface area contributed by atoms with E-state index in [2.05, 4.69) is 5.32 Å². The predicted octanol–water partition coefficient (Wildman–Crippen LogP) is 2.35. The molecular formula is C13H17FN2OS. The van der Waals surface area contributed by atoms with Crippen LogP contribution in [0.4, 0.5) is 10.1 Å². The van der Waals surface area contributed by atoms with Crippen molar-refractivity contribution in [1.29, 1.82) is 0 Å². The molecule has 0 spiro atoms. The number of nitrogens with one attached hydrogen (secondary N) is 1. The summed E-state index contributed by atoms with van der Waals surface area (Å²) in [6, 6.07) is 4.53. The minimum Gasteiger partial charge on any atom is -0.399 e. The fraction of sp³-hybridized carbons (Fsp3) is 0.462. The Hall–Kier alpha value is -1.20. The van der Waals surface area contributed by atoms with Crippen LogP contribution in [0.1, 0.15) is 26.3 Å². The van der Waals surface area contributed by atoms with Gasteiger partial charge in [-0.3, -0.25) is 0 Å². The summed E-state index contributed by atoms with van der Waals surface area (Å²) in [5.41, 5.74) is 5.39. The van der Waals surface area contributed by atoms with Crippen molar-refractivity contribution in [2.24, 2.45) is 0 Å². The van der Waals surface area contributed by atoms with Crippen molar-refractivity contribution in [2.45, 2.75) is 31.9 Å². The van der Waals surface area contributed by atoms with Gasteiger partial charge < -0.3 is 15.8 Å². The maximum atomic E-state index is 14.1. The average molecular weight is 268 g/mol. The molecule has 1 fully saturated rings. The summed E-state index contributed by atoms with van der Waals surface area (Å²) in [6.07, 6.45) is 0. The number of ether oxygens (including phenoxy) is 1. The topological polar surface area (TPSA) is 47.3 Å². The predicted molar refractivity (Wildman–Crippen MR) is 73.9 cm³/mol. The molecule has 1 aromatic carbocycles. The second-order valence-electron chi connectivity index (χ2n) is 5.21. The molecular weight excluding hydrogens is 251 g/mol. The highest BCUT2D eigenvalue weighted by atomic mass is 32.1. The Balaban J connectivity index is 2.57. The van der Waals surface area contributed by atoms with Gasteiger partial charge >= 0.3 is 0 Å². The van der Waals surface area contributed by atoms with Gasteiger partial charge in [-0.1, -0.05) is 12.2 Å². The standard InChI is InChI=1S/C13H17FN2OS/c1-12(2)13(3,16-11(18)7-17-12)9-6-8(15)4-5-10(9)14/h4-6H,7,15H2,1-3H3,(H,16,18)/t13-/m1/s1. The van der Waals surface area contributed by atoms with E-state index in [-0.39, 0.29) is 5.82 Å². The Morgan fingerprint density at radius 2 is 2.06 bits per heavy atom. The molecule has 5 heteroatoms. The van der Waals surface area contributed by atoms with Crippen molar-refractivity contribution >= 4 is 22.9 Å². The van der Waals surface area contributed by atoms with E-state index in [4.69, 9.17) is 22.7 Å². The molecule has 0 amide bonds. The van der Waals surface area contributed by atoms with Gasteiger partial charge in [0.15, 0.2) is 0 Å². The Kier molecular flexibility index (Phi) is 3.07. The molecule has 3 N–H and O–H groups in total. The Labute approximate surface area is 112 Å². The summed E-state index contributed by atoms with van der Waals surface area (Å²) in [6.45, 7) is 6.03. The lowest BCUT2D eigenvalue weighted by atomic mass is 9.76. The first-order valence-corrected chi connectivity index (χ1v) is 6.17. The highest BCUT2D eigenvalue weighted by molar-refractivity contribution is 7.80. The number of rotatable bonds is 1. The van der Waals surface area contributed by atoms with Gasteiger partial charge in [-0.2, -0.15) is 0 Å². The van der Waals surface area contributed by atoms with Crippen LogP contribution < -0.4 is 11.1 Å². The maximum Gasteiger partial charge on any atom is 0.129 e. The zero-order valence-electron chi connectivity index (χ0n) is 10.7. The fourth-order valence-electron chi connectivity index (χ4n) is 2.17. The second-order valence-corrected chi connectivity index (χ2v) is 5.70. The SMILES string of the molecule is CC1(C)OCC(=S)N[C@]1(C)c1cc(N)ccc1F. The lowest BCUT2D eigenvalue weighted by Gasteiger charge is -2.49. The molecule has 1 aromatic rings. The third-order valence-electron chi connectivity index (χ3n) is 3.69. The Bertz CT molecular complexity index is 504. The molecule has 0 radical (unpaired) electrons. The van der Waals surface area contributed by atoms with Gasteiger partial charge in [0, 0.05) is 11.3 Å². The lowest BCUT2D eigenvalue weighted by molar-refractivity contribution is -0.0779. The minimum atomic E-state index is -0.748. The molecule has 0 bridgehead atoms. The van der Waals surface area contributed by atoms with Crippen molar-refractivity contribution in [3.8, 4) is 0 Å². The van der Waals surface area contributed by atoms with Gasteiger partial charge in [0.2, 0.25) is 0 Å². The molecule has 3 nitrogen and oxygen atoms in total. The summed E-state index contributed by atoms with van der Waals surface area (Å²) < 4.78 is 19.8. The molecule has 1 aliphatic heterocycles. The maximum absolute atomic E-state index is 14.1. The van der Waals surface area contributed by atoms with Crippen molar-refractivity contribution in [3.63, 3.8) is 0 Å². The highest BCUT2D eigenvalue weighted by Crippen LogP contribution is 2.39. The van der Waals surface area contributed by atoms with Gasteiger partial charge in [-0.05, 0) is 39.0 Å². The molecule has 1 heterocycles. The highest BCUT2D eigenvalue weighted by Gasteiger charge is 2.48. The van der Waals surface area contributed by atoms with E-state index in [9.17, 15) is 4.39 Å². The molecule has 0 saturated carbocycles. The van der Waals surface area contributed by atoms with Crippen molar-refractivity contribution in [3.05, 3.63) is 29.6 Å². The van der Waals surface area contributed by atoms with E-state index in [0.29, 0.717) is 22.8 Å². The van der Waals surface area contributed by atoms with Crippen molar-refractivity contribution in [1.82, 2.24) is 5.32 Å². The zero-order valence-corrected chi connectivity index (χ0v) is 11.5. The third-order valence-corrected chi connectivity index (χ3v) is 3.91. The summed E-state index contributed by atoms with van der Waals surface area (Å²) >= 11 is 5.14. The summed E-state index contributed by atoms with van der Waals surface area (Å²) in [7, 11) is 0. The van der Waals surface area contributed by atoms with E-state index in [0.717, 1.165) is 0 Å². The van der Waals surface area contributed by atoms with Crippen LogP contribution in [0.25, 0.3) is 0 Å². The van der Waals surface area contributed by atoms with Crippen molar-refractivity contribution < 1.29 is 9.13 Å². The van der Waals surface area contributed by atoms with Gasteiger partial charge in [0.05, 0.1) is 17.7 Å². The molecule has 1 saturated heterocycles. The Morgan fingerprint density at radius 1 is 1.39 bits per heavy atom. The van der Waals surface area contributed by atoms with Crippen LogP contribution in [0.3, 0.4) is 0 Å². The van der Waals surface area contributed by atoms with E-state index >= 15 is 0 Å². The quantitative estimate of drug-likeness (QED) is 0.606. The molecule has 2 rings (SSSR count). The van der Waals surface area contributed by atoms with Crippen LogP contribution in [0.5, 0.6) is 0 Å². The largest absolute Gasteiger partial charge is 0.399 e. The number of nitrogen functional groups attached to an aromatic ring is 1. The molecule has 98 valence electrons. The van der Waals surface area contributed by atoms with Gasteiger partial charge in [-0.25, -0.2) is 4.39 Å². The third kappa shape index (κ3) is 1.97. The van der Waals surface area contributed by atoms with Gasteiger partial charge in [0.25, 0.3) is 0 Å². The van der Waals surface area contributed by atoms with E-state index in [1.807, 2.05) is 20.8 Å². The summed E-state index contributed by atoms with van der Waals surface area (Å²) in [5, 5.41) is 3.18. The number of halogens is 1. The number of hydrogen-bond donors (Lipinski definition) is 2. The van der Waals surface area contributed by atoms with E-state index in [1.54, 1.807) is 6.07 Å². The number of morpholine rings is 1. The molecule has 0 aromatic heterocycles. The van der Waals surface area contributed by atoms with Gasteiger partial charge in [0.1, 0.15) is 10.8 Å². The number of nitrogens with two attached hydrogens (primary N) is 1. The van der Waals surface area contributed by atoms with E-state index in [1.165, 1.54) is 12.1 Å². The van der Waals surface area contributed by atoms with E-state index < -0.39 is 11.1 Å². The van der Waals surface area contributed by atoms with Crippen LogP contribution in [0, 0.1) is 5.82 Å². The van der Waals surface area contributed by atoms with Crippen LogP contribution in [-0.2, 0) is 10.3 Å². The molecule has 1 aliphatic rings. The Morgan fingerprint density at radius 3 is 2.72 bits per heavy atom. The second kappa shape index (κ2) is 4.17. The lowest BCUT2D eigenvalue weighted by Crippen LogP contribution is -2.63. The first-order valence-electron chi connectivity index (χ1n) is 5.77. The molecule has 1 atom stereocenters. The number of anilines is 1. The fourth-order valence-corrected chi connectivity index (χ4v) is 2.44. The number of benzene rings is 1. The smallest absolute Gasteiger partial charge is 0.129 e. The van der Waals surface area contributed by atoms with Gasteiger partial charge in [-0.15, -0.1) is 0 Å². The zero-order chi connectivity index (χ0) is 13.6.